The highest BCUT2D eigenvalue weighted by molar-refractivity contribution is 5.71. The first-order valence-corrected chi connectivity index (χ1v) is 6.86. The van der Waals surface area contributed by atoms with Crippen molar-refractivity contribution in [1.82, 2.24) is 9.55 Å². The molecular weight excluding hydrogens is 253 g/mol. The van der Waals surface area contributed by atoms with Crippen LogP contribution in [0.3, 0.4) is 0 Å². The van der Waals surface area contributed by atoms with Crippen LogP contribution in [-0.2, 0) is 5.54 Å². The van der Waals surface area contributed by atoms with Crippen molar-refractivity contribution < 1.29 is 4.39 Å². The minimum Gasteiger partial charge on any atom is -0.383 e. The molecule has 0 amide bonds. The molecule has 2 rings (SSSR count). The minimum atomic E-state index is -0.279. The Labute approximate surface area is 119 Å². The fourth-order valence-electron chi connectivity index (χ4n) is 2.39. The predicted octanol–water partition coefficient (Wildman–Crippen LogP) is 4.15. The third-order valence-electron chi connectivity index (χ3n) is 3.22. The Bertz CT molecular complexity index is 621. The van der Waals surface area contributed by atoms with Crippen LogP contribution < -0.4 is 5.73 Å². The average Bonchev–Trinajstić information content (AvgIpc) is 2.66. The normalized spacial score (nSPS) is 12.2. The predicted molar refractivity (Wildman–Crippen MR) is 81.1 cm³/mol. The Balaban J connectivity index is 2.68. The van der Waals surface area contributed by atoms with E-state index in [2.05, 4.69) is 39.6 Å². The Morgan fingerprint density at radius 1 is 1.25 bits per heavy atom. The summed E-state index contributed by atoms with van der Waals surface area (Å²) in [6.07, 6.45) is 0. The number of aromatic nitrogens is 2. The topological polar surface area (TPSA) is 43.8 Å². The fourth-order valence-corrected chi connectivity index (χ4v) is 2.39. The molecule has 0 saturated heterocycles. The van der Waals surface area contributed by atoms with Crippen molar-refractivity contribution in [3.63, 3.8) is 0 Å². The Kier molecular flexibility index (Phi) is 3.59. The highest BCUT2D eigenvalue weighted by Gasteiger charge is 2.25. The lowest BCUT2D eigenvalue weighted by Crippen LogP contribution is -2.26. The van der Waals surface area contributed by atoms with Crippen LogP contribution in [-0.4, -0.2) is 9.55 Å². The number of anilines is 1. The Hall–Kier alpha value is -1.84. The highest BCUT2D eigenvalue weighted by Crippen LogP contribution is 2.34. The van der Waals surface area contributed by atoms with Crippen molar-refractivity contribution in [2.45, 2.75) is 46.1 Å². The maximum absolute atomic E-state index is 13.4. The minimum absolute atomic E-state index is 0.164. The van der Waals surface area contributed by atoms with Crippen molar-refractivity contribution in [3.8, 4) is 11.3 Å². The molecule has 1 heterocycles. The van der Waals surface area contributed by atoms with Gasteiger partial charge in [-0.1, -0.05) is 26.0 Å². The first kappa shape index (κ1) is 14.6. The first-order valence-electron chi connectivity index (χ1n) is 6.86. The smallest absolute Gasteiger partial charge is 0.132 e. The Morgan fingerprint density at radius 2 is 1.90 bits per heavy atom. The third-order valence-corrected chi connectivity index (χ3v) is 3.22. The fraction of sp³-hybridized carbons (Fsp3) is 0.438. The Morgan fingerprint density at radius 3 is 2.35 bits per heavy atom. The van der Waals surface area contributed by atoms with Crippen LogP contribution >= 0.6 is 0 Å². The summed E-state index contributed by atoms with van der Waals surface area (Å²) in [5, 5.41) is 0. The zero-order valence-corrected chi connectivity index (χ0v) is 12.7. The number of benzene rings is 1. The van der Waals surface area contributed by atoms with Gasteiger partial charge in [-0.2, -0.15) is 0 Å². The summed E-state index contributed by atoms with van der Waals surface area (Å²) >= 11 is 0. The summed E-state index contributed by atoms with van der Waals surface area (Å²) < 4.78 is 15.4. The van der Waals surface area contributed by atoms with Crippen molar-refractivity contribution in [2.24, 2.45) is 0 Å². The van der Waals surface area contributed by atoms with Crippen LogP contribution in [0.25, 0.3) is 11.3 Å². The molecule has 0 fully saturated rings. The number of imidazole rings is 1. The number of hydrogen-bond acceptors (Lipinski definition) is 2. The molecule has 0 bridgehead atoms. The van der Waals surface area contributed by atoms with Crippen LogP contribution in [0, 0.1) is 5.82 Å². The van der Waals surface area contributed by atoms with Gasteiger partial charge in [-0.05, 0) is 32.9 Å². The number of nitrogens with two attached hydrogens (primary N) is 1. The van der Waals surface area contributed by atoms with Crippen LogP contribution in [0.4, 0.5) is 10.2 Å². The molecule has 0 radical (unpaired) electrons. The van der Waals surface area contributed by atoms with Gasteiger partial charge in [0.2, 0.25) is 0 Å². The van der Waals surface area contributed by atoms with Crippen molar-refractivity contribution in [3.05, 3.63) is 35.9 Å². The number of rotatable bonds is 2. The van der Waals surface area contributed by atoms with Gasteiger partial charge in [0, 0.05) is 17.0 Å². The van der Waals surface area contributed by atoms with E-state index < -0.39 is 0 Å². The molecule has 20 heavy (non-hydrogen) atoms. The van der Waals surface area contributed by atoms with E-state index in [1.165, 1.54) is 12.1 Å². The summed E-state index contributed by atoms with van der Waals surface area (Å²) in [5.74, 6) is 1.48. The molecule has 1 aromatic carbocycles. The maximum Gasteiger partial charge on any atom is 0.132 e. The summed E-state index contributed by atoms with van der Waals surface area (Å²) in [6, 6.07) is 6.40. The van der Waals surface area contributed by atoms with Gasteiger partial charge in [-0.3, -0.25) is 0 Å². The van der Waals surface area contributed by atoms with Gasteiger partial charge < -0.3 is 10.3 Å². The molecule has 3 nitrogen and oxygen atoms in total. The van der Waals surface area contributed by atoms with E-state index in [1.807, 2.05) is 10.6 Å². The van der Waals surface area contributed by atoms with Gasteiger partial charge in [0.05, 0.1) is 0 Å². The van der Waals surface area contributed by atoms with E-state index in [9.17, 15) is 4.39 Å². The quantitative estimate of drug-likeness (QED) is 0.894. The second-order valence-electron chi connectivity index (χ2n) is 6.38. The zero-order chi connectivity index (χ0) is 15.1. The van der Waals surface area contributed by atoms with Crippen LogP contribution in [0.15, 0.2) is 24.3 Å². The van der Waals surface area contributed by atoms with E-state index in [-0.39, 0.29) is 17.3 Å². The maximum atomic E-state index is 13.4. The zero-order valence-electron chi connectivity index (χ0n) is 12.7. The molecule has 4 heteroatoms. The van der Waals surface area contributed by atoms with E-state index in [0.29, 0.717) is 17.1 Å². The van der Waals surface area contributed by atoms with Crippen LogP contribution in [0.5, 0.6) is 0 Å². The van der Waals surface area contributed by atoms with Crippen molar-refractivity contribution >= 4 is 5.82 Å². The first-order chi connectivity index (χ1) is 9.21. The van der Waals surface area contributed by atoms with Crippen LogP contribution in [0.1, 0.15) is 46.4 Å². The standard InChI is InChI=1S/C16H22FN3/c1-10(2)15-19-13(11-7-6-8-12(17)9-11)14(18)20(15)16(3,4)5/h6-10H,18H2,1-5H3. The molecule has 0 unspecified atom stereocenters. The largest absolute Gasteiger partial charge is 0.383 e. The van der Waals surface area contributed by atoms with Gasteiger partial charge in [0.1, 0.15) is 23.2 Å². The van der Waals surface area contributed by atoms with E-state index in [4.69, 9.17) is 5.73 Å². The van der Waals surface area contributed by atoms with E-state index in [1.54, 1.807) is 6.07 Å². The number of hydrogen-bond donors (Lipinski definition) is 1. The van der Waals surface area contributed by atoms with E-state index in [0.717, 1.165) is 5.82 Å². The molecule has 0 spiro atoms. The number of halogens is 1. The monoisotopic (exact) mass is 275 g/mol. The van der Waals surface area contributed by atoms with Crippen LogP contribution in [0.2, 0.25) is 0 Å². The van der Waals surface area contributed by atoms with Gasteiger partial charge in [0.15, 0.2) is 0 Å². The number of nitrogens with zero attached hydrogens (tertiary/aromatic N) is 2. The summed E-state index contributed by atoms with van der Waals surface area (Å²) in [5.41, 5.74) is 7.49. The van der Waals surface area contributed by atoms with Crippen molar-refractivity contribution in [1.29, 1.82) is 0 Å². The van der Waals surface area contributed by atoms with Gasteiger partial charge in [-0.15, -0.1) is 0 Å². The molecule has 0 saturated carbocycles. The molecule has 0 aliphatic heterocycles. The molecule has 108 valence electrons. The SMILES string of the molecule is CC(C)c1nc(-c2cccc(F)c2)c(N)n1C(C)(C)C. The molecule has 0 aliphatic carbocycles. The van der Waals surface area contributed by atoms with Gasteiger partial charge in [0.25, 0.3) is 0 Å². The summed E-state index contributed by atoms with van der Waals surface area (Å²) in [4.78, 5) is 4.66. The molecule has 2 N–H and O–H groups in total. The average molecular weight is 275 g/mol. The lowest BCUT2D eigenvalue weighted by Gasteiger charge is -2.26. The lowest BCUT2D eigenvalue weighted by atomic mass is 10.1. The summed E-state index contributed by atoms with van der Waals surface area (Å²) in [7, 11) is 0. The molecule has 0 aliphatic rings. The third kappa shape index (κ3) is 2.55. The second-order valence-corrected chi connectivity index (χ2v) is 6.38. The molecule has 1 aromatic heterocycles. The molecule has 2 aromatic rings. The second kappa shape index (κ2) is 4.93. The number of nitrogen functional groups attached to an aromatic ring is 1. The van der Waals surface area contributed by atoms with Gasteiger partial charge in [-0.25, -0.2) is 9.37 Å². The highest BCUT2D eigenvalue weighted by atomic mass is 19.1. The lowest BCUT2D eigenvalue weighted by molar-refractivity contribution is 0.382. The molecule has 0 atom stereocenters. The van der Waals surface area contributed by atoms with Crippen molar-refractivity contribution in [2.75, 3.05) is 5.73 Å². The van der Waals surface area contributed by atoms with Gasteiger partial charge >= 0.3 is 0 Å². The molecular formula is C16H22FN3. The summed E-state index contributed by atoms with van der Waals surface area (Å²) in [6.45, 7) is 10.4. The van der Waals surface area contributed by atoms with E-state index >= 15 is 0 Å².